The van der Waals surface area contributed by atoms with Gasteiger partial charge >= 0.3 is 0 Å². The Balaban J connectivity index is 1.52. The summed E-state index contributed by atoms with van der Waals surface area (Å²) in [6.07, 6.45) is 8.56. The minimum Gasteiger partial charge on any atom is -0.338 e. The number of rotatable bonds is 5. The van der Waals surface area contributed by atoms with Gasteiger partial charge in [-0.05, 0) is 50.5 Å². The van der Waals surface area contributed by atoms with Crippen LogP contribution in [0.2, 0.25) is 0 Å². The molecule has 0 radical (unpaired) electrons. The second kappa shape index (κ2) is 8.46. The van der Waals surface area contributed by atoms with E-state index in [9.17, 15) is 9.59 Å². The lowest BCUT2D eigenvalue weighted by Gasteiger charge is -2.42. The number of nitrogens with one attached hydrogen (secondary N) is 1. The summed E-state index contributed by atoms with van der Waals surface area (Å²) in [4.78, 5) is 35.3. The van der Waals surface area contributed by atoms with Crippen LogP contribution in [-0.2, 0) is 11.3 Å². The number of piperidine rings is 1. The van der Waals surface area contributed by atoms with E-state index in [0.717, 1.165) is 24.1 Å². The molecule has 0 bridgehead atoms. The van der Waals surface area contributed by atoms with Crippen LogP contribution in [0.3, 0.4) is 0 Å². The van der Waals surface area contributed by atoms with Gasteiger partial charge in [0, 0.05) is 68.6 Å². The first kappa shape index (κ1) is 21.4. The summed E-state index contributed by atoms with van der Waals surface area (Å²) in [5.74, 6) is -0.139. The maximum Gasteiger partial charge on any atom is 0.271 e. The van der Waals surface area contributed by atoms with Crippen LogP contribution < -0.4 is 0 Å². The minimum absolute atomic E-state index is 0.110. The maximum absolute atomic E-state index is 14.1. The van der Waals surface area contributed by atoms with Crippen LogP contribution in [0.1, 0.15) is 60.4 Å². The van der Waals surface area contributed by atoms with Crippen LogP contribution in [0.15, 0.2) is 49.1 Å². The van der Waals surface area contributed by atoms with Crippen molar-refractivity contribution in [3.63, 3.8) is 0 Å². The fourth-order valence-corrected chi connectivity index (χ4v) is 5.46. The third-order valence-electron chi connectivity index (χ3n) is 6.97. The molecule has 9 nitrogen and oxygen atoms in total. The van der Waals surface area contributed by atoms with E-state index < -0.39 is 5.41 Å². The number of aromatic amines is 1. The van der Waals surface area contributed by atoms with Gasteiger partial charge in [0.2, 0.25) is 5.91 Å². The van der Waals surface area contributed by atoms with E-state index in [0.29, 0.717) is 31.9 Å². The van der Waals surface area contributed by atoms with Gasteiger partial charge in [-0.3, -0.25) is 24.4 Å². The SMILES string of the molecule is CC(C)n1nccc1C1CN(C(=O)c2ccn[nH]2)CC12CCCN(Cc1cccnc1)C2=O. The Hall–Kier alpha value is -3.49. The predicted octanol–water partition coefficient (Wildman–Crippen LogP) is 2.63. The summed E-state index contributed by atoms with van der Waals surface area (Å²) in [5, 5.41) is 11.2. The normalized spacial score (nSPS) is 23.1. The second-order valence-corrected chi connectivity index (χ2v) is 9.35. The van der Waals surface area contributed by atoms with Crippen LogP contribution in [0.25, 0.3) is 0 Å². The van der Waals surface area contributed by atoms with E-state index in [1.165, 1.54) is 0 Å². The van der Waals surface area contributed by atoms with Crippen molar-refractivity contribution in [2.75, 3.05) is 19.6 Å². The highest BCUT2D eigenvalue weighted by Gasteiger charge is 2.57. The number of carbonyl (C=O) groups excluding carboxylic acids is 2. The quantitative estimate of drug-likeness (QED) is 0.648. The smallest absolute Gasteiger partial charge is 0.271 e. The molecule has 0 aliphatic carbocycles. The van der Waals surface area contributed by atoms with E-state index in [1.807, 2.05) is 34.0 Å². The molecule has 0 saturated carbocycles. The molecule has 2 aliphatic heterocycles. The van der Waals surface area contributed by atoms with Crippen molar-refractivity contribution in [2.24, 2.45) is 5.41 Å². The van der Waals surface area contributed by atoms with Crippen molar-refractivity contribution in [3.8, 4) is 0 Å². The third-order valence-corrected chi connectivity index (χ3v) is 6.97. The molecule has 2 amide bonds. The van der Waals surface area contributed by atoms with Crippen molar-refractivity contribution in [3.05, 3.63) is 66.0 Å². The van der Waals surface area contributed by atoms with Crippen LogP contribution in [0, 0.1) is 5.41 Å². The maximum atomic E-state index is 14.1. The van der Waals surface area contributed by atoms with E-state index in [4.69, 9.17) is 0 Å². The molecule has 172 valence electrons. The molecule has 2 fully saturated rings. The zero-order chi connectivity index (χ0) is 23.0. The zero-order valence-corrected chi connectivity index (χ0v) is 19.0. The van der Waals surface area contributed by atoms with E-state index in [-0.39, 0.29) is 23.8 Å². The molecule has 5 rings (SSSR count). The number of pyridine rings is 1. The first-order valence-electron chi connectivity index (χ1n) is 11.5. The van der Waals surface area contributed by atoms with Gasteiger partial charge in [0.15, 0.2) is 0 Å². The van der Waals surface area contributed by atoms with Gasteiger partial charge in [0.1, 0.15) is 5.69 Å². The number of amides is 2. The standard InChI is InChI=1S/C24H29N7O2/c1-17(2)31-21(7-11-27-31)19-15-30(22(32)20-6-10-26-28-20)16-24(19)8-4-12-29(23(24)33)14-18-5-3-9-25-13-18/h3,5-7,9-11,13,17,19H,4,8,12,14-16H2,1-2H3,(H,26,28). The van der Waals surface area contributed by atoms with Crippen LogP contribution in [0.4, 0.5) is 0 Å². The van der Waals surface area contributed by atoms with E-state index >= 15 is 0 Å². The molecule has 9 heteroatoms. The second-order valence-electron chi connectivity index (χ2n) is 9.35. The lowest BCUT2D eigenvalue weighted by atomic mass is 9.70. The van der Waals surface area contributed by atoms with Crippen molar-refractivity contribution < 1.29 is 9.59 Å². The topological polar surface area (TPSA) is 100 Å². The number of hydrogen-bond donors (Lipinski definition) is 1. The lowest BCUT2D eigenvalue weighted by molar-refractivity contribution is -0.147. The lowest BCUT2D eigenvalue weighted by Crippen LogP contribution is -2.52. The van der Waals surface area contributed by atoms with Gasteiger partial charge in [-0.15, -0.1) is 0 Å². The Kier molecular flexibility index (Phi) is 5.47. The number of hydrogen-bond acceptors (Lipinski definition) is 5. The summed E-state index contributed by atoms with van der Waals surface area (Å²) in [7, 11) is 0. The van der Waals surface area contributed by atoms with Crippen molar-refractivity contribution in [1.82, 2.24) is 34.8 Å². The Bertz CT molecular complexity index is 1120. The number of likely N-dealkylation sites (tertiary alicyclic amines) is 2. The highest BCUT2D eigenvalue weighted by Crippen LogP contribution is 2.50. The number of aromatic nitrogens is 5. The predicted molar refractivity (Wildman–Crippen MR) is 121 cm³/mol. The average molecular weight is 448 g/mol. The first-order valence-corrected chi connectivity index (χ1v) is 11.5. The van der Waals surface area contributed by atoms with E-state index in [2.05, 4.69) is 34.1 Å². The van der Waals surface area contributed by atoms with Crippen LogP contribution in [-0.4, -0.2) is 66.2 Å². The molecule has 33 heavy (non-hydrogen) atoms. The third kappa shape index (κ3) is 3.71. The summed E-state index contributed by atoms with van der Waals surface area (Å²) in [6.45, 7) is 6.27. The Morgan fingerprint density at radius 1 is 1.24 bits per heavy atom. The summed E-state index contributed by atoms with van der Waals surface area (Å²) in [5.41, 5.74) is 1.79. The van der Waals surface area contributed by atoms with Crippen molar-refractivity contribution in [1.29, 1.82) is 0 Å². The molecular formula is C24H29N7O2. The van der Waals surface area contributed by atoms with Crippen LogP contribution in [0.5, 0.6) is 0 Å². The van der Waals surface area contributed by atoms with Crippen molar-refractivity contribution >= 4 is 11.8 Å². The summed E-state index contributed by atoms with van der Waals surface area (Å²) >= 11 is 0. The molecule has 2 aliphatic rings. The first-order chi connectivity index (χ1) is 16.0. The molecule has 3 aromatic rings. The van der Waals surface area contributed by atoms with Gasteiger partial charge in [-0.1, -0.05) is 6.07 Å². The Morgan fingerprint density at radius 3 is 2.85 bits per heavy atom. The summed E-state index contributed by atoms with van der Waals surface area (Å²) < 4.78 is 1.99. The van der Waals surface area contributed by atoms with Gasteiger partial charge in [-0.25, -0.2) is 0 Å². The highest BCUT2D eigenvalue weighted by atomic mass is 16.2. The van der Waals surface area contributed by atoms with Gasteiger partial charge in [-0.2, -0.15) is 10.2 Å². The van der Waals surface area contributed by atoms with Crippen LogP contribution >= 0.6 is 0 Å². The number of carbonyl (C=O) groups is 2. The molecule has 0 aromatic carbocycles. The fraction of sp³-hybridized carbons (Fsp3) is 0.458. The molecule has 2 saturated heterocycles. The highest BCUT2D eigenvalue weighted by molar-refractivity contribution is 5.94. The summed E-state index contributed by atoms with van der Waals surface area (Å²) in [6, 6.07) is 7.73. The largest absolute Gasteiger partial charge is 0.338 e. The fourth-order valence-electron chi connectivity index (χ4n) is 5.46. The van der Waals surface area contributed by atoms with Gasteiger partial charge in [0.25, 0.3) is 5.91 Å². The number of H-pyrrole nitrogens is 1. The molecular weight excluding hydrogens is 418 g/mol. The number of nitrogens with zero attached hydrogens (tertiary/aromatic N) is 6. The Morgan fingerprint density at radius 2 is 2.12 bits per heavy atom. The van der Waals surface area contributed by atoms with E-state index in [1.54, 1.807) is 29.6 Å². The molecule has 1 N–H and O–H groups in total. The molecule has 1 spiro atoms. The molecule has 2 unspecified atom stereocenters. The molecule has 3 aromatic heterocycles. The molecule has 2 atom stereocenters. The van der Waals surface area contributed by atoms with Crippen molar-refractivity contribution in [2.45, 2.75) is 45.2 Å². The zero-order valence-electron chi connectivity index (χ0n) is 19.0. The van der Waals surface area contributed by atoms with Gasteiger partial charge in [0.05, 0.1) is 5.41 Å². The molecule has 5 heterocycles. The minimum atomic E-state index is -0.678. The average Bonchev–Trinajstić information content (AvgIpc) is 3.57. The Labute approximate surface area is 192 Å². The van der Waals surface area contributed by atoms with Gasteiger partial charge < -0.3 is 9.80 Å². The monoisotopic (exact) mass is 447 g/mol.